The molecular formula is C18H30N2O2S. The van der Waals surface area contributed by atoms with Gasteiger partial charge >= 0.3 is 0 Å². The molecule has 5 heteroatoms. The van der Waals surface area contributed by atoms with E-state index in [4.69, 9.17) is 4.74 Å². The van der Waals surface area contributed by atoms with Crippen LogP contribution in [0.2, 0.25) is 0 Å². The number of rotatable bonds is 5. The summed E-state index contributed by atoms with van der Waals surface area (Å²) in [5, 5.41) is 0.892. The maximum atomic E-state index is 13.1. The fourth-order valence-electron chi connectivity index (χ4n) is 3.25. The Morgan fingerprint density at radius 3 is 2.74 bits per heavy atom. The molecule has 0 unspecified atom stereocenters. The van der Waals surface area contributed by atoms with E-state index < -0.39 is 0 Å². The standard InChI is InChI=1S/C18H30N2O2S/c1-12(2)11-15-9-7-6-8-10-20(15)18(21)16-13(3)19-17(23-16)14(4)22-5/h12,14-15H,6-11H2,1-5H3/t14-,15+/m0/s1. The number of aromatic nitrogens is 1. The minimum atomic E-state index is -0.0594. The summed E-state index contributed by atoms with van der Waals surface area (Å²) in [6, 6.07) is 0.370. The van der Waals surface area contributed by atoms with Gasteiger partial charge in [-0.05, 0) is 39.0 Å². The summed E-state index contributed by atoms with van der Waals surface area (Å²) < 4.78 is 5.35. The Hall–Kier alpha value is -0.940. The second-order valence-electron chi connectivity index (χ2n) is 6.98. The fourth-order valence-corrected chi connectivity index (χ4v) is 4.31. The summed E-state index contributed by atoms with van der Waals surface area (Å²) in [6.45, 7) is 9.27. The van der Waals surface area contributed by atoms with Crippen molar-refractivity contribution in [2.45, 2.75) is 71.9 Å². The van der Waals surface area contributed by atoms with Gasteiger partial charge in [-0.2, -0.15) is 0 Å². The zero-order valence-electron chi connectivity index (χ0n) is 15.1. The molecule has 1 aliphatic rings. The number of carbonyl (C=O) groups excluding carboxylic acids is 1. The Morgan fingerprint density at radius 1 is 1.35 bits per heavy atom. The molecular weight excluding hydrogens is 308 g/mol. The van der Waals surface area contributed by atoms with Gasteiger partial charge < -0.3 is 9.64 Å². The molecule has 0 radical (unpaired) electrons. The van der Waals surface area contributed by atoms with Crippen LogP contribution in [0, 0.1) is 12.8 Å². The molecule has 2 heterocycles. The average Bonchev–Trinajstić information content (AvgIpc) is 2.75. The summed E-state index contributed by atoms with van der Waals surface area (Å²) in [7, 11) is 1.68. The van der Waals surface area contributed by atoms with Crippen molar-refractivity contribution in [2.24, 2.45) is 5.92 Å². The molecule has 1 saturated heterocycles. The van der Waals surface area contributed by atoms with Crippen LogP contribution in [0.5, 0.6) is 0 Å². The van der Waals surface area contributed by atoms with Crippen LogP contribution in [-0.2, 0) is 4.74 Å². The van der Waals surface area contributed by atoms with Crippen LogP contribution in [0.15, 0.2) is 0 Å². The molecule has 0 spiro atoms. The summed E-state index contributed by atoms with van der Waals surface area (Å²) in [6.07, 6.45) is 5.73. The van der Waals surface area contributed by atoms with E-state index in [2.05, 4.69) is 23.7 Å². The van der Waals surface area contributed by atoms with Gasteiger partial charge in [0.25, 0.3) is 5.91 Å². The lowest BCUT2D eigenvalue weighted by molar-refractivity contribution is 0.0665. The van der Waals surface area contributed by atoms with Gasteiger partial charge in [0.15, 0.2) is 0 Å². The van der Waals surface area contributed by atoms with E-state index in [1.807, 2.05) is 13.8 Å². The third kappa shape index (κ3) is 4.54. The van der Waals surface area contributed by atoms with Crippen molar-refractivity contribution < 1.29 is 9.53 Å². The largest absolute Gasteiger partial charge is 0.375 e. The average molecular weight is 339 g/mol. The number of hydrogen-bond acceptors (Lipinski definition) is 4. The van der Waals surface area contributed by atoms with Crippen LogP contribution >= 0.6 is 11.3 Å². The van der Waals surface area contributed by atoms with Crippen molar-refractivity contribution in [3.05, 3.63) is 15.6 Å². The van der Waals surface area contributed by atoms with Crippen LogP contribution in [0.3, 0.4) is 0 Å². The maximum absolute atomic E-state index is 13.1. The Morgan fingerprint density at radius 2 is 2.09 bits per heavy atom. The van der Waals surface area contributed by atoms with Crippen molar-refractivity contribution in [3.8, 4) is 0 Å². The van der Waals surface area contributed by atoms with E-state index in [1.54, 1.807) is 7.11 Å². The quantitative estimate of drug-likeness (QED) is 0.788. The van der Waals surface area contributed by atoms with Crippen LogP contribution in [0.4, 0.5) is 0 Å². The number of amides is 1. The fraction of sp³-hybridized carbons (Fsp3) is 0.778. The second kappa shape index (κ2) is 8.25. The van der Waals surface area contributed by atoms with Crippen LogP contribution in [-0.4, -0.2) is 35.5 Å². The number of aryl methyl sites for hydroxylation is 1. The molecule has 0 saturated carbocycles. The zero-order valence-corrected chi connectivity index (χ0v) is 15.9. The van der Waals surface area contributed by atoms with Crippen molar-refractivity contribution in [1.82, 2.24) is 9.88 Å². The molecule has 130 valence electrons. The molecule has 1 aromatic heterocycles. The predicted octanol–water partition coefficient (Wildman–Crippen LogP) is 4.59. The van der Waals surface area contributed by atoms with Crippen LogP contribution < -0.4 is 0 Å². The van der Waals surface area contributed by atoms with Gasteiger partial charge in [-0.3, -0.25) is 4.79 Å². The number of thiazole rings is 1. The lowest BCUT2D eigenvalue weighted by atomic mass is 9.98. The first-order chi connectivity index (χ1) is 10.9. The minimum absolute atomic E-state index is 0.0594. The number of likely N-dealkylation sites (tertiary alicyclic amines) is 1. The van der Waals surface area contributed by atoms with E-state index >= 15 is 0 Å². The van der Waals surface area contributed by atoms with E-state index in [9.17, 15) is 4.79 Å². The third-order valence-corrected chi connectivity index (χ3v) is 5.90. The molecule has 0 aliphatic carbocycles. The number of hydrogen-bond donors (Lipinski definition) is 0. The first-order valence-corrected chi connectivity index (χ1v) is 9.56. The van der Waals surface area contributed by atoms with Gasteiger partial charge in [0.1, 0.15) is 16.0 Å². The molecule has 23 heavy (non-hydrogen) atoms. The molecule has 0 aromatic carbocycles. The smallest absolute Gasteiger partial charge is 0.266 e. The van der Waals surface area contributed by atoms with Gasteiger partial charge in [0, 0.05) is 19.7 Å². The zero-order chi connectivity index (χ0) is 17.0. The highest BCUT2D eigenvalue weighted by Crippen LogP contribution is 2.29. The number of methoxy groups -OCH3 is 1. The molecule has 0 N–H and O–H groups in total. The molecule has 1 amide bonds. The lowest BCUT2D eigenvalue weighted by Gasteiger charge is -2.31. The highest BCUT2D eigenvalue weighted by molar-refractivity contribution is 7.13. The Balaban J connectivity index is 2.23. The van der Waals surface area contributed by atoms with Crippen LogP contribution in [0.25, 0.3) is 0 Å². The predicted molar refractivity (Wildman–Crippen MR) is 95.0 cm³/mol. The topological polar surface area (TPSA) is 42.4 Å². The van der Waals surface area contributed by atoms with Crippen molar-refractivity contribution in [1.29, 1.82) is 0 Å². The third-order valence-electron chi connectivity index (χ3n) is 4.59. The minimum Gasteiger partial charge on any atom is -0.375 e. The molecule has 4 nitrogen and oxygen atoms in total. The summed E-state index contributed by atoms with van der Waals surface area (Å²) in [4.78, 5) is 20.6. The molecule has 2 rings (SSSR count). The summed E-state index contributed by atoms with van der Waals surface area (Å²) >= 11 is 1.49. The molecule has 0 bridgehead atoms. The highest BCUT2D eigenvalue weighted by atomic mass is 32.1. The molecule has 1 aromatic rings. The molecule has 1 fully saturated rings. The SMILES string of the molecule is CO[C@@H](C)c1nc(C)c(C(=O)N2CCCCC[C@@H]2CC(C)C)s1. The monoisotopic (exact) mass is 338 g/mol. The van der Waals surface area contributed by atoms with E-state index in [1.165, 1.54) is 24.2 Å². The number of ether oxygens (including phenoxy) is 1. The number of carbonyl (C=O) groups is 1. The van der Waals surface area contributed by atoms with E-state index in [0.717, 1.165) is 41.4 Å². The van der Waals surface area contributed by atoms with Crippen molar-refractivity contribution >= 4 is 17.2 Å². The summed E-state index contributed by atoms with van der Waals surface area (Å²) in [5.74, 6) is 0.780. The lowest BCUT2D eigenvalue weighted by Crippen LogP contribution is -2.40. The van der Waals surface area contributed by atoms with Gasteiger partial charge in [-0.1, -0.05) is 26.7 Å². The van der Waals surface area contributed by atoms with Crippen LogP contribution in [0.1, 0.15) is 79.4 Å². The van der Waals surface area contributed by atoms with Crippen molar-refractivity contribution in [2.75, 3.05) is 13.7 Å². The second-order valence-corrected chi connectivity index (χ2v) is 8.01. The maximum Gasteiger partial charge on any atom is 0.266 e. The van der Waals surface area contributed by atoms with Crippen molar-refractivity contribution in [3.63, 3.8) is 0 Å². The van der Waals surface area contributed by atoms with E-state index in [-0.39, 0.29) is 12.0 Å². The molecule has 2 atom stereocenters. The van der Waals surface area contributed by atoms with Gasteiger partial charge in [-0.25, -0.2) is 4.98 Å². The van der Waals surface area contributed by atoms with Gasteiger partial charge in [0.2, 0.25) is 0 Å². The highest BCUT2D eigenvalue weighted by Gasteiger charge is 2.29. The first-order valence-electron chi connectivity index (χ1n) is 8.75. The summed E-state index contributed by atoms with van der Waals surface area (Å²) in [5.41, 5.74) is 0.839. The Kier molecular flexibility index (Phi) is 6.60. The van der Waals surface area contributed by atoms with E-state index in [0.29, 0.717) is 12.0 Å². The normalized spacial score (nSPS) is 20.6. The van der Waals surface area contributed by atoms with Gasteiger partial charge in [-0.15, -0.1) is 11.3 Å². The van der Waals surface area contributed by atoms with Gasteiger partial charge in [0.05, 0.1) is 5.69 Å². The first kappa shape index (κ1) is 18.4. The molecule has 1 aliphatic heterocycles. The Bertz CT molecular complexity index is 527. The Labute approximate surface area is 144 Å². The number of nitrogens with zero attached hydrogens (tertiary/aromatic N) is 2.